The van der Waals surface area contributed by atoms with E-state index in [1.165, 1.54) is 4.68 Å². The highest BCUT2D eigenvalue weighted by molar-refractivity contribution is 5.40. The Morgan fingerprint density at radius 3 is 2.21 bits per heavy atom. The fourth-order valence-electron chi connectivity index (χ4n) is 2.36. The summed E-state index contributed by atoms with van der Waals surface area (Å²) in [6.07, 6.45) is 0. The normalized spacial score (nSPS) is 10.8. The average molecular weight is 257 g/mol. The Kier molecular flexibility index (Phi) is 3.53. The molecule has 0 aliphatic carbocycles. The molecule has 0 saturated heterocycles. The van der Waals surface area contributed by atoms with Crippen molar-refractivity contribution in [2.24, 2.45) is 5.73 Å². The molecule has 0 aliphatic heterocycles. The smallest absolute Gasteiger partial charge is 0.274 e. The van der Waals surface area contributed by atoms with Crippen LogP contribution in [0.1, 0.15) is 27.9 Å². The van der Waals surface area contributed by atoms with E-state index >= 15 is 0 Å². The van der Waals surface area contributed by atoms with Crippen LogP contribution < -0.4 is 11.3 Å². The Labute approximate surface area is 112 Å². The molecule has 1 aromatic carbocycles. The van der Waals surface area contributed by atoms with Crippen LogP contribution in [0.4, 0.5) is 0 Å². The number of nitrogens with zero attached hydrogens (tertiary/aromatic N) is 2. The molecule has 0 unspecified atom stereocenters. The lowest BCUT2D eigenvalue weighted by molar-refractivity contribution is 0.754. The van der Waals surface area contributed by atoms with Gasteiger partial charge >= 0.3 is 0 Å². The first-order chi connectivity index (χ1) is 8.93. The van der Waals surface area contributed by atoms with Crippen molar-refractivity contribution < 1.29 is 0 Å². The molecule has 4 heteroatoms. The summed E-state index contributed by atoms with van der Waals surface area (Å²) in [4.78, 5) is 12.4. The summed E-state index contributed by atoms with van der Waals surface area (Å²) < 4.78 is 1.46. The maximum absolute atomic E-state index is 12.4. The quantitative estimate of drug-likeness (QED) is 0.894. The zero-order chi connectivity index (χ0) is 14.2. The summed E-state index contributed by atoms with van der Waals surface area (Å²) in [5.41, 5.74) is 10.9. The van der Waals surface area contributed by atoms with E-state index in [2.05, 4.69) is 11.2 Å². The Bertz CT molecular complexity index is 666. The molecule has 4 nitrogen and oxygen atoms in total. The van der Waals surface area contributed by atoms with Gasteiger partial charge in [-0.15, -0.1) is 0 Å². The van der Waals surface area contributed by atoms with E-state index in [9.17, 15) is 4.79 Å². The Hall–Kier alpha value is -1.94. The maximum Gasteiger partial charge on any atom is 0.274 e. The molecule has 0 fully saturated rings. The molecule has 0 atom stereocenters. The molecule has 100 valence electrons. The van der Waals surface area contributed by atoms with Crippen LogP contribution in [0.3, 0.4) is 0 Å². The Morgan fingerprint density at radius 2 is 1.68 bits per heavy atom. The van der Waals surface area contributed by atoms with Crippen molar-refractivity contribution in [2.75, 3.05) is 0 Å². The SMILES string of the molecule is Cc1cc(C)cc(-n2nc(C)c(CN)c(C)c2=O)c1. The zero-order valence-electron chi connectivity index (χ0n) is 11.8. The van der Waals surface area contributed by atoms with Crippen molar-refractivity contribution >= 4 is 0 Å². The van der Waals surface area contributed by atoms with E-state index in [-0.39, 0.29) is 5.56 Å². The van der Waals surface area contributed by atoms with E-state index in [4.69, 9.17) is 5.73 Å². The third-order valence-electron chi connectivity index (χ3n) is 3.31. The molecule has 2 aromatic rings. The lowest BCUT2D eigenvalue weighted by Gasteiger charge is -2.12. The third-order valence-corrected chi connectivity index (χ3v) is 3.31. The molecular formula is C15H19N3O. The number of nitrogens with two attached hydrogens (primary N) is 1. The van der Waals surface area contributed by atoms with Gasteiger partial charge in [-0.2, -0.15) is 9.78 Å². The lowest BCUT2D eigenvalue weighted by atomic mass is 10.1. The van der Waals surface area contributed by atoms with Crippen LogP contribution in [0.25, 0.3) is 5.69 Å². The zero-order valence-corrected chi connectivity index (χ0v) is 11.8. The molecule has 2 rings (SSSR count). The van der Waals surface area contributed by atoms with Gasteiger partial charge in [0.05, 0.1) is 11.4 Å². The molecule has 2 N–H and O–H groups in total. The van der Waals surface area contributed by atoms with Crippen LogP contribution in [0.15, 0.2) is 23.0 Å². The molecule has 1 aromatic heterocycles. The number of rotatable bonds is 2. The minimum absolute atomic E-state index is 0.101. The molecule has 0 radical (unpaired) electrons. The highest BCUT2D eigenvalue weighted by Crippen LogP contribution is 2.13. The molecule has 19 heavy (non-hydrogen) atoms. The van der Waals surface area contributed by atoms with Crippen LogP contribution in [-0.2, 0) is 6.54 Å². The molecule has 0 saturated carbocycles. The largest absolute Gasteiger partial charge is 0.326 e. The summed E-state index contributed by atoms with van der Waals surface area (Å²) in [6, 6.07) is 5.99. The lowest BCUT2D eigenvalue weighted by Crippen LogP contribution is -2.27. The average Bonchev–Trinajstić information content (AvgIpc) is 2.33. The van der Waals surface area contributed by atoms with Crippen LogP contribution in [0.5, 0.6) is 0 Å². The first-order valence-corrected chi connectivity index (χ1v) is 6.32. The van der Waals surface area contributed by atoms with E-state index in [0.29, 0.717) is 12.1 Å². The van der Waals surface area contributed by atoms with E-state index in [1.807, 2.05) is 32.9 Å². The summed E-state index contributed by atoms with van der Waals surface area (Å²) in [5.74, 6) is 0. The van der Waals surface area contributed by atoms with Crippen LogP contribution in [-0.4, -0.2) is 9.78 Å². The van der Waals surface area contributed by atoms with Crippen molar-refractivity contribution in [1.29, 1.82) is 0 Å². The van der Waals surface area contributed by atoms with Gasteiger partial charge in [0.2, 0.25) is 0 Å². The summed E-state index contributed by atoms with van der Waals surface area (Å²) in [6.45, 7) is 8.05. The second kappa shape index (κ2) is 4.97. The van der Waals surface area contributed by atoms with E-state index < -0.39 is 0 Å². The number of aryl methyl sites for hydroxylation is 3. The Balaban J connectivity index is 2.73. The highest BCUT2D eigenvalue weighted by Gasteiger charge is 2.11. The molecule has 0 bridgehead atoms. The van der Waals surface area contributed by atoms with Gasteiger partial charge in [0.1, 0.15) is 0 Å². The van der Waals surface area contributed by atoms with Crippen LogP contribution in [0, 0.1) is 27.7 Å². The van der Waals surface area contributed by atoms with E-state index in [1.54, 1.807) is 6.92 Å². The van der Waals surface area contributed by atoms with Gasteiger partial charge in [-0.05, 0) is 56.5 Å². The van der Waals surface area contributed by atoms with Gasteiger partial charge in [0.15, 0.2) is 0 Å². The molecule has 1 heterocycles. The maximum atomic E-state index is 12.4. The summed E-state index contributed by atoms with van der Waals surface area (Å²) in [5, 5.41) is 4.38. The highest BCUT2D eigenvalue weighted by atomic mass is 16.1. The van der Waals surface area contributed by atoms with Gasteiger partial charge in [0.25, 0.3) is 5.56 Å². The molecule has 0 amide bonds. The third kappa shape index (κ3) is 2.44. The number of hydrogen-bond acceptors (Lipinski definition) is 3. The van der Waals surface area contributed by atoms with Gasteiger partial charge in [0, 0.05) is 12.1 Å². The summed E-state index contributed by atoms with van der Waals surface area (Å²) >= 11 is 0. The van der Waals surface area contributed by atoms with Crippen molar-refractivity contribution in [3.63, 3.8) is 0 Å². The van der Waals surface area contributed by atoms with Gasteiger partial charge in [-0.3, -0.25) is 4.79 Å². The van der Waals surface area contributed by atoms with Crippen molar-refractivity contribution in [3.8, 4) is 5.69 Å². The first kappa shape index (κ1) is 13.5. The van der Waals surface area contributed by atoms with E-state index in [0.717, 1.165) is 28.1 Å². The number of hydrogen-bond donors (Lipinski definition) is 1. The van der Waals surface area contributed by atoms with Crippen LogP contribution in [0.2, 0.25) is 0 Å². The fourth-order valence-corrected chi connectivity index (χ4v) is 2.36. The second-order valence-corrected chi connectivity index (χ2v) is 4.96. The number of aromatic nitrogens is 2. The first-order valence-electron chi connectivity index (χ1n) is 6.32. The molecule has 0 spiro atoms. The minimum atomic E-state index is -0.101. The predicted octanol–water partition coefficient (Wildman–Crippen LogP) is 1.92. The predicted molar refractivity (Wildman–Crippen MR) is 76.7 cm³/mol. The van der Waals surface area contributed by atoms with Gasteiger partial charge in [-0.1, -0.05) is 6.07 Å². The fraction of sp³-hybridized carbons (Fsp3) is 0.333. The van der Waals surface area contributed by atoms with Gasteiger partial charge < -0.3 is 5.73 Å². The van der Waals surface area contributed by atoms with Crippen molar-refractivity contribution in [3.05, 3.63) is 56.5 Å². The second-order valence-electron chi connectivity index (χ2n) is 4.96. The summed E-state index contributed by atoms with van der Waals surface area (Å²) in [7, 11) is 0. The molecule has 0 aliphatic rings. The van der Waals surface area contributed by atoms with Crippen LogP contribution >= 0.6 is 0 Å². The van der Waals surface area contributed by atoms with Crippen molar-refractivity contribution in [2.45, 2.75) is 34.2 Å². The Morgan fingerprint density at radius 1 is 1.11 bits per heavy atom. The van der Waals surface area contributed by atoms with Crippen molar-refractivity contribution in [1.82, 2.24) is 9.78 Å². The molecular weight excluding hydrogens is 238 g/mol. The van der Waals surface area contributed by atoms with Gasteiger partial charge in [-0.25, -0.2) is 0 Å². The number of benzene rings is 1. The standard InChI is InChI=1S/C15H19N3O/c1-9-5-10(2)7-13(6-9)18-15(19)11(3)14(8-16)12(4)17-18/h5-7H,8,16H2,1-4H3. The minimum Gasteiger partial charge on any atom is -0.326 e. The topological polar surface area (TPSA) is 60.9 Å². The monoisotopic (exact) mass is 257 g/mol.